The van der Waals surface area contributed by atoms with E-state index in [0.29, 0.717) is 0 Å². The summed E-state index contributed by atoms with van der Waals surface area (Å²) in [4.78, 5) is 9.16. The maximum atomic E-state index is 4.58. The van der Waals surface area contributed by atoms with Crippen LogP contribution in [0.25, 0.3) is 43.6 Å². The molecule has 0 unspecified atom stereocenters. The lowest BCUT2D eigenvalue weighted by Crippen LogP contribution is -1.80. The van der Waals surface area contributed by atoms with Crippen LogP contribution in [0.4, 0.5) is 0 Å². The molecule has 2 heteroatoms. The average molecular weight is 459 g/mol. The van der Waals surface area contributed by atoms with Crippen molar-refractivity contribution in [1.82, 2.24) is 9.97 Å². The molecule has 6 aromatic rings. The highest BCUT2D eigenvalue weighted by Gasteiger charge is 1.97. The van der Waals surface area contributed by atoms with Crippen LogP contribution >= 0.6 is 0 Å². The molecule has 35 heavy (non-hydrogen) atoms. The first-order valence-corrected chi connectivity index (χ1v) is 12.8. The smallest absolute Gasteiger partial charge is 0.0709 e. The first-order valence-electron chi connectivity index (χ1n) is 12.8. The largest absolute Gasteiger partial charge is 0.248 e. The third-order valence-corrected chi connectivity index (χ3v) is 6.06. The normalized spacial score (nSPS) is 10.6. The van der Waals surface area contributed by atoms with Gasteiger partial charge < -0.3 is 0 Å². The summed E-state index contributed by atoms with van der Waals surface area (Å²) in [6.45, 7) is 4.49. The fourth-order valence-corrected chi connectivity index (χ4v) is 4.12. The van der Waals surface area contributed by atoms with Gasteiger partial charge in [-0.25, -0.2) is 9.97 Å². The third kappa shape index (κ3) is 6.64. The van der Waals surface area contributed by atoms with E-state index in [1.54, 1.807) is 0 Å². The SMILES string of the molecule is CCCCCCC.c1ccc2nc3ccccc3cc2c1.c1ccc2nc3ccccc3cc2c1. The molecule has 0 aliphatic heterocycles. The van der Waals surface area contributed by atoms with Crippen molar-refractivity contribution in [2.45, 2.75) is 46.0 Å². The Balaban J connectivity index is 0.000000132. The van der Waals surface area contributed by atoms with Gasteiger partial charge in [-0.1, -0.05) is 119 Å². The molecule has 4 aromatic carbocycles. The van der Waals surface area contributed by atoms with Crippen LogP contribution in [0.3, 0.4) is 0 Å². The lowest BCUT2D eigenvalue weighted by Gasteiger charge is -1.99. The molecular formula is C33H34N2. The number of unbranched alkanes of at least 4 members (excludes halogenated alkanes) is 4. The summed E-state index contributed by atoms with van der Waals surface area (Å²) in [5, 5.41) is 4.80. The van der Waals surface area contributed by atoms with Gasteiger partial charge >= 0.3 is 0 Å². The number of hydrogen-bond donors (Lipinski definition) is 0. The van der Waals surface area contributed by atoms with Crippen LogP contribution in [-0.2, 0) is 0 Å². The second kappa shape index (κ2) is 12.6. The summed E-state index contributed by atoms with van der Waals surface area (Å²) < 4.78 is 0. The van der Waals surface area contributed by atoms with Gasteiger partial charge in [0.25, 0.3) is 0 Å². The van der Waals surface area contributed by atoms with Crippen LogP contribution in [-0.4, -0.2) is 9.97 Å². The van der Waals surface area contributed by atoms with Crippen molar-refractivity contribution in [3.05, 3.63) is 109 Å². The van der Waals surface area contributed by atoms with Gasteiger partial charge in [-0.3, -0.25) is 0 Å². The summed E-state index contributed by atoms with van der Waals surface area (Å²) in [5.74, 6) is 0. The van der Waals surface area contributed by atoms with E-state index in [2.05, 4.69) is 60.2 Å². The van der Waals surface area contributed by atoms with Crippen molar-refractivity contribution in [1.29, 1.82) is 0 Å². The number of rotatable bonds is 4. The van der Waals surface area contributed by atoms with Crippen LogP contribution in [0.5, 0.6) is 0 Å². The Hall–Kier alpha value is -3.78. The molecule has 6 rings (SSSR count). The number of para-hydroxylation sites is 4. The summed E-state index contributed by atoms with van der Waals surface area (Å²) in [6, 6.07) is 37.1. The number of hydrogen-bond acceptors (Lipinski definition) is 2. The Bertz CT molecular complexity index is 1180. The Morgan fingerprint density at radius 1 is 0.400 bits per heavy atom. The van der Waals surface area contributed by atoms with E-state index in [1.807, 2.05) is 72.8 Å². The molecule has 2 heterocycles. The maximum absolute atomic E-state index is 4.58. The number of benzene rings is 4. The van der Waals surface area contributed by atoms with E-state index in [4.69, 9.17) is 0 Å². The molecule has 2 aromatic heterocycles. The summed E-state index contributed by atoms with van der Waals surface area (Å²) in [5.41, 5.74) is 4.25. The van der Waals surface area contributed by atoms with Crippen LogP contribution in [0.2, 0.25) is 0 Å². The molecule has 2 nitrogen and oxygen atoms in total. The lowest BCUT2D eigenvalue weighted by atomic mass is 10.1. The van der Waals surface area contributed by atoms with E-state index < -0.39 is 0 Å². The zero-order valence-corrected chi connectivity index (χ0v) is 20.8. The van der Waals surface area contributed by atoms with Gasteiger partial charge in [0.1, 0.15) is 0 Å². The van der Waals surface area contributed by atoms with Crippen LogP contribution < -0.4 is 0 Å². The highest BCUT2D eigenvalue weighted by Crippen LogP contribution is 2.19. The quantitative estimate of drug-likeness (QED) is 0.194. The average Bonchev–Trinajstić information content (AvgIpc) is 2.92. The third-order valence-electron chi connectivity index (χ3n) is 6.06. The summed E-state index contributed by atoms with van der Waals surface area (Å²) in [6.07, 6.45) is 7.01. The fraction of sp³-hybridized carbons (Fsp3) is 0.212. The van der Waals surface area contributed by atoms with Crippen molar-refractivity contribution in [3.63, 3.8) is 0 Å². The molecule has 0 atom stereocenters. The van der Waals surface area contributed by atoms with Gasteiger partial charge in [-0.2, -0.15) is 0 Å². The van der Waals surface area contributed by atoms with E-state index in [1.165, 1.54) is 53.6 Å². The Morgan fingerprint density at radius 3 is 0.971 bits per heavy atom. The number of aromatic nitrogens is 2. The van der Waals surface area contributed by atoms with E-state index in [-0.39, 0.29) is 0 Å². The molecule has 0 saturated carbocycles. The number of fused-ring (bicyclic) bond motifs is 4. The van der Waals surface area contributed by atoms with Crippen LogP contribution in [0.15, 0.2) is 109 Å². The van der Waals surface area contributed by atoms with Gasteiger partial charge in [-0.15, -0.1) is 0 Å². The number of pyridine rings is 2. The summed E-state index contributed by atoms with van der Waals surface area (Å²) >= 11 is 0. The molecule has 176 valence electrons. The topological polar surface area (TPSA) is 25.8 Å². The summed E-state index contributed by atoms with van der Waals surface area (Å²) in [7, 11) is 0. The first-order chi connectivity index (χ1) is 17.3. The van der Waals surface area contributed by atoms with Crippen LogP contribution in [0, 0.1) is 0 Å². The predicted octanol–water partition coefficient (Wildman–Crippen LogP) is 9.75. The Kier molecular flexibility index (Phi) is 8.78. The first kappa shape index (κ1) is 24.3. The standard InChI is InChI=1S/2C13H9N.C7H16/c2*1-3-7-12-10(5-1)9-11-6-2-4-8-13(11)14-12;1-3-5-7-6-4-2/h2*1-9H;3-7H2,1-2H3. The zero-order chi connectivity index (χ0) is 24.3. The monoisotopic (exact) mass is 458 g/mol. The molecule has 0 spiro atoms. The van der Waals surface area contributed by atoms with E-state index in [0.717, 1.165) is 22.1 Å². The van der Waals surface area contributed by atoms with Gasteiger partial charge in [0.15, 0.2) is 0 Å². The zero-order valence-electron chi connectivity index (χ0n) is 20.8. The lowest BCUT2D eigenvalue weighted by molar-refractivity contribution is 0.656. The Labute approximate surface area is 208 Å². The molecular weight excluding hydrogens is 424 g/mol. The Morgan fingerprint density at radius 2 is 0.686 bits per heavy atom. The van der Waals surface area contributed by atoms with E-state index in [9.17, 15) is 0 Å². The van der Waals surface area contributed by atoms with Crippen molar-refractivity contribution in [2.24, 2.45) is 0 Å². The van der Waals surface area contributed by atoms with Crippen molar-refractivity contribution >= 4 is 43.6 Å². The molecule has 0 N–H and O–H groups in total. The van der Waals surface area contributed by atoms with Gasteiger partial charge in [0, 0.05) is 21.5 Å². The fourth-order valence-electron chi connectivity index (χ4n) is 4.12. The molecule has 0 fully saturated rings. The van der Waals surface area contributed by atoms with Gasteiger partial charge in [0.05, 0.1) is 22.1 Å². The van der Waals surface area contributed by atoms with Crippen LogP contribution in [0.1, 0.15) is 46.0 Å². The number of nitrogens with zero attached hydrogens (tertiary/aromatic N) is 2. The molecule has 0 saturated heterocycles. The minimum Gasteiger partial charge on any atom is -0.248 e. The van der Waals surface area contributed by atoms with Crippen molar-refractivity contribution in [2.75, 3.05) is 0 Å². The van der Waals surface area contributed by atoms with Gasteiger partial charge in [0.2, 0.25) is 0 Å². The molecule has 0 aliphatic carbocycles. The van der Waals surface area contributed by atoms with Crippen molar-refractivity contribution in [3.8, 4) is 0 Å². The minimum atomic E-state index is 1.06. The molecule has 0 bridgehead atoms. The highest BCUT2D eigenvalue weighted by molar-refractivity contribution is 5.93. The molecule has 0 amide bonds. The second-order valence-electron chi connectivity index (χ2n) is 8.81. The maximum Gasteiger partial charge on any atom is 0.0709 e. The van der Waals surface area contributed by atoms with E-state index >= 15 is 0 Å². The van der Waals surface area contributed by atoms with Crippen molar-refractivity contribution < 1.29 is 0 Å². The molecule has 0 radical (unpaired) electrons. The predicted molar refractivity (Wildman–Crippen MR) is 153 cm³/mol. The highest BCUT2D eigenvalue weighted by atomic mass is 14.7. The van der Waals surface area contributed by atoms with Gasteiger partial charge in [-0.05, 0) is 36.4 Å². The minimum absolute atomic E-state index is 1.06. The molecule has 0 aliphatic rings. The second-order valence-corrected chi connectivity index (χ2v) is 8.81.